The molecule has 0 saturated carbocycles. The van der Waals surface area contributed by atoms with Gasteiger partial charge < -0.3 is 15.5 Å². The first kappa shape index (κ1) is 17.6. The Morgan fingerprint density at radius 2 is 1.81 bits per heavy atom. The highest BCUT2D eigenvalue weighted by Gasteiger charge is 2.24. The van der Waals surface area contributed by atoms with E-state index in [1.807, 2.05) is 51.5 Å². The van der Waals surface area contributed by atoms with Crippen LogP contribution in [0.5, 0.6) is 0 Å². The first-order valence-electron chi connectivity index (χ1n) is 7.14. The van der Waals surface area contributed by atoms with Gasteiger partial charge in [-0.3, -0.25) is 4.79 Å². The Labute approximate surface area is 132 Å². The molecule has 0 spiro atoms. The molecular weight excluding hydrogens is 282 g/mol. The third kappa shape index (κ3) is 6.23. The van der Waals surface area contributed by atoms with E-state index in [0.29, 0.717) is 13.0 Å². The maximum Gasteiger partial charge on any atom is 0.232 e. The molecule has 5 heteroatoms. The summed E-state index contributed by atoms with van der Waals surface area (Å²) in [5, 5.41) is 0. The zero-order valence-corrected chi connectivity index (χ0v) is 13.9. The van der Waals surface area contributed by atoms with Gasteiger partial charge in [-0.25, -0.2) is 0 Å². The first-order chi connectivity index (χ1) is 9.91. The normalized spacial score (nSPS) is 12.2. The van der Waals surface area contributed by atoms with E-state index in [-0.39, 0.29) is 10.9 Å². The minimum atomic E-state index is -0.424. The van der Waals surface area contributed by atoms with Gasteiger partial charge in [0.2, 0.25) is 5.91 Å². The lowest BCUT2D eigenvalue weighted by atomic mass is 9.98. The third-order valence-corrected chi connectivity index (χ3v) is 3.68. The van der Waals surface area contributed by atoms with Crippen molar-refractivity contribution in [1.29, 1.82) is 0 Å². The maximum absolute atomic E-state index is 12.5. The van der Waals surface area contributed by atoms with E-state index < -0.39 is 5.92 Å². The molecule has 1 aromatic carbocycles. The summed E-state index contributed by atoms with van der Waals surface area (Å²) in [4.78, 5) is 16.6. The van der Waals surface area contributed by atoms with Crippen LogP contribution in [0.4, 0.5) is 0 Å². The molecule has 0 radical (unpaired) electrons. The van der Waals surface area contributed by atoms with Gasteiger partial charge in [0.15, 0.2) is 0 Å². The Morgan fingerprint density at radius 1 is 1.19 bits per heavy atom. The summed E-state index contributed by atoms with van der Waals surface area (Å²) in [5.74, 6) is -0.420. The molecule has 0 fully saturated rings. The number of rotatable bonds is 8. The molecule has 0 bridgehead atoms. The second kappa shape index (κ2) is 8.74. The molecule has 0 aliphatic carbocycles. The van der Waals surface area contributed by atoms with Crippen LogP contribution in [0.1, 0.15) is 12.0 Å². The fraction of sp³-hybridized carbons (Fsp3) is 0.500. The van der Waals surface area contributed by atoms with Crippen LogP contribution < -0.4 is 5.73 Å². The lowest BCUT2D eigenvalue weighted by Crippen LogP contribution is -2.41. The van der Waals surface area contributed by atoms with E-state index >= 15 is 0 Å². The molecule has 0 heterocycles. The number of amides is 1. The van der Waals surface area contributed by atoms with Crippen molar-refractivity contribution in [3.05, 3.63) is 35.9 Å². The van der Waals surface area contributed by atoms with Crippen molar-refractivity contribution in [2.24, 2.45) is 11.7 Å². The molecule has 0 aliphatic rings. The smallest absolute Gasteiger partial charge is 0.232 e. The SMILES string of the molecule is CN(C)CCCN(C)C(=O)C(Cc1ccccc1)C(N)=S. The van der Waals surface area contributed by atoms with Crippen molar-refractivity contribution in [1.82, 2.24) is 9.80 Å². The van der Waals surface area contributed by atoms with E-state index in [0.717, 1.165) is 18.5 Å². The molecule has 1 unspecified atom stereocenters. The fourth-order valence-corrected chi connectivity index (χ4v) is 2.34. The van der Waals surface area contributed by atoms with Gasteiger partial charge in [-0.2, -0.15) is 0 Å². The molecule has 2 N–H and O–H groups in total. The quantitative estimate of drug-likeness (QED) is 0.740. The fourth-order valence-electron chi connectivity index (χ4n) is 2.16. The zero-order chi connectivity index (χ0) is 15.8. The average Bonchev–Trinajstić information content (AvgIpc) is 2.44. The minimum absolute atomic E-state index is 0.00473. The van der Waals surface area contributed by atoms with Gasteiger partial charge in [0.25, 0.3) is 0 Å². The lowest BCUT2D eigenvalue weighted by Gasteiger charge is -2.24. The Morgan fingerprint density at radius 3 is 2.33 bits per heavy atom. The zero-order valence-electron chi connectivity index (χ0n) is 13.1. The average molecular weight is 307 g/mol. The van der Waals surface area contributed by atoms with Crippen molar-refractivity contribution in [3.8, 4) is 0 Å². The number of hydrogen-bond acceptors (Lipinski definition) is 3. The van der Waals surface area contributed by atoms with Gasteiger partial charge in [-0.15, -0.1) is 0 Å². The Bertz CT molecular complexity index is 462. The molecule has 1 aromatic rings. The molecule has 1 atom stereocenters. The highest BCUT2D eigenvalue weighted by molar-refractivity contribution is 7.80. The Balaban J connectivity index is 2.63. The minimum Gasteiger partial charge on any atom is -0.393 e. The maximum atomic E-state index is 12.5. The third-order valence-electron chi connectivity index (χ3n) is 3.40. The molecule has 0 aliphatic heterocycles. The van der Waals surface area contributed by atoms with Crippen molar-refractivity contribution in [2.75, 3.05) is 34.2 Å². The van der Waals surface area contributed by atoms with Crippen molar-refractivity contribution in [3.63, 3.8) is 0 Å². The summed E-state index contributed by atoms with van der Waals surface area (Å²) in [6.45, 7) is 1.67. The van der Waals surface area contributed by atoms with Crippen molar-refractivity contribution >= 4 is 23.1 Å². The molecule has 1 amide bonds. The van der Waals surface area contributed by atoms with Crippen LogP contribution in [0.2, 0.25) is 0 Å². The van der Waals surface area contributed by atoms with Crippen LogP contribution in [0.25, 0.3) is 0 Å². The lowest BCUT2D eigenvalue weighted by molar-refractivity contribution is -0.132. The second-order valence-electron chi connectivity index (χ2n) is 5.56. The number of carbonyl (C=O) groups excluding carboxylic acids is 1. The number of hydrogen-bond donors (Lipinski definition) is 1. The monoisotopic (exact) mass is 307 g/mol. The molecule has 21 heavy (non-hydrogen) atoms. The number of nitrogens with two attached hydrogens (primary N) is 1. The van der Waals surface area contributed by atoms with Crippen molar-refractivity contribution in [2.45, 2.75) is 12.8 Å². The van der Waals surface area contributed by atoms with Gasteiger partial charge in [0.1, 0.15) is 0 Å². The largest absolute Gasteiger partial charge is 0.393 e. The van der Waals surface area contributed by atoms with Gasteiger partial charge >= 0.3 is 0 Å². The highest BCUT2D eigenvalue weighted by Crippen LogP contribution is 2.12. The van der Waals surface area contributed by atoms with Crippen LogP contribution in [-0.4, -0.2) is 54.9 Å². The number of benzene rings is 1. The number of thiocarbonyl (C=S) groups is 1. The molecule has 116 valence electrons. The van der Waals surface area contributed by atoms with Crippen LogP contribution >= 0.6 is 12.2 Å². The standard InChI is InChI=1S/C16H25N3OS/c1-18(2)10-7-11-19(3)16(20)14(15(17)21)12-13-8-5-4-6-9-13/h4-6,8-9,14H,7,10-12H2,1-3H3,(H2,17,21). The van der Waals surface area contributed by atoms with E-state index in [1.54, 1.807) is 4.90 Å². The van der Waals surface area contributed by atoms with Gasteiger partial charge in [0.05, 0.1) is 10.9 Å². The number of carbonyl (C=O) groups is 1. The molecular formula is C16H25N3OS. The van der Waals surface area contributed by atoms with Crippen LogP contribution in [0, 0.1) is 5.92 Å². The summed E-state index contributed by atoms with van der Waals surface area (Å²) >= 11 is 5.09. The van der Waals surface area contributed by atoms with Gasteiger partial charge in [0, 0.05) is 13.6 Å². The molecule has 0 saturated heterocycles. The Kier molecular flexibility index (Phi) is 7.32. The molecule has 1 rings (SSSR count). The van der Waals surface area contributed by atoms with Crippen molar-refractivity contribution < 1.29 is 4.79 Å². The van der Waals surface area contributed by atoms with Crippen LogP contribution in [0.15, 0.2) is 30.3 Å². The summed E-state index contributed by atoms with van der Waals surface area (Å²) in [7, 11) is 5.86. The highest BCUT2D eigenvalue weighted by atomic mass is 32.1. The van der Waals surface area contributed by atoms with Gasteiger partial charge in [-0.1, -0.05) is 42.5 Å². The first-order valence-corrected chi connectivity index (χ1v) is 7.55. The van der Waals surface area contributed by atoms with Gasteiger partial charge in [-0.05, 0) is 39.0 Å². The molecule has 0 aromatic heterocycles. The summed E-state index contributed by atoms with van der Waals surface area (Å²) in [6.07, 6.45) is 1.50. The summed E-state index contributed by atoms with van der Waals surface area (Å²) in [6, 6.07) is 9.85. The van der Waals surface area contributed by atoms with E-state index in [9.17, 15) is 4.79 Å². The second-order valence-corrected chi connectivity index (χ2v) is 6.03. The van der Waals surface area contributed by atoms with E-state index in [1.165, 1.54) is 0 Å². The van der Waals surface area contributed by atoms with Crippen LogP contribution in [0.3, 0.4) is 0 Å². The summed E-state index contributed by atoms with van der Waals surface area (Å²) in [5.41, 5.74) is 6.85. The predicted molar refractivity (Wildman–Crippen MR) is 91.2 cm³/mol. The van der Waals surface area contributed by atoms with Crippen LogP contribution in [-0.2, 0) is 11.2 Å². The Hall–Kier alpha value is -1.46. The molecule has 4 nitrogen and oxygen atoms in total. The topological polar surface area (TPSA) is 49.6 Å². The number of nitrogens with zero attached hydrogens (tertiary/aromatic N) is 2. The summed E-state index contributed by atoms with van der Waals surface area (Å²) < 4.78 is 0. The van der Waals surface area contributed by atoms with E-state index in [4.69, 9.17) is 18.0 Å². The predicted octanol–water partition coefficient (Wildman–Crippen LogP) is 1.54. The van der Waals surface area contributed by atoms with E-state index in [2.05, 4.69) is 4.90 Å².